The van der Waals surface area contributed by atoms with E-state index in [2.05, 4.69) is 5.32 Å². The van der Waals surface area contributed by atoms with E-state index in [1.54, 1.807) is 31.3 Å². The number of ketones is 1. The van der Waals surface area contributed by atoms with E-state index in [1.807, 2.05) is 24.3 Å². The number of halogens is 1. The van der Waals surface area contributed by atoms with Crippen molar-refractivity contribution in [1.29, 1.82) is 0 Å². The van der Waals surface area contributed by atoms with E-state index in [9.17, 15) is 9.59 Å². The third-order valence-corrected chi connectivity index (χ3v) is 6.26. The molecule has 1 amide bonds. The lowest BCUT2D eigenvalue weighted by Crippen LogP contribution is -2.56. The number of nitrogens with one attached hydrogen (secondary N) is 1. The topological polar surface area (TPSA) is 77.1 Å². The van der Waals surface area contributed by atoms with Crippen LogP contribution in [0.4, 0.5) is 0 Å². The third-order valence-electron chi connectivity index (χ3n) is 6.01. The number of hydrogen-bond acceptors (Lipinski definition) is 6. The smallest absolute Gasteiger partial charge is 0.240 e. The molecule has 1 saturated heterocycles. The van der Waals surface area contributed by atoms with Crippen LogP contribution in [0.5, 0.6) is 11.5 Å². The molecule has 1 N–H and O–H groups in total. The Hall–Kier alpha value is -2.61. The Morgan fingerprint density at radius 3 is 2.47 bits per heavy atom. The molecule has 0 bridgehead atoms. The summed E-state index contributed by atoms with van der Waals surface area (Å²) in [6, 6.07) is 10.7. The minimum Gasteiger partial charge on any atom is -0.493 e. The zero-order chi connectivity index (χ0) is 22.7. The number of benzene rings is 2. The lowest BCUT2D eigenvalue weighted by Gasteiger charge is -2.35. The van der Waals surface area contributed by atoms with Crippen LogP contribution in [-0.4, -0.2) is 56.0 Å². The average molecular weight is 459 g/mol. The van der Waals surface area contributed by atoms with Crippen LogP contribution in [0.25, 0.3) is 0 Å². The molecule has 0 aliphatic carbocycles. The molecule has 2 unspecified atom stereocenters. The Morgan fingerprint density at radius 2 is 1.81 bits per heavy atom. The fraction of sp³-hybridized carbons (Fsp3) is 0.417. The highest BCUT2D eigenvalue weighted by Gasteiger charge is 2.35. The number of amides is 1. The van der Waals surface area contributed by atoms with Gasteiger partial charge in [0.05, 0.1) is 26.9 Å². The van der Waals surface area contributed by atoms with Crippen molar-refractivity contribution in [2.45, 2.75) is 38.1 Å². The summed E-state index contributed by atoms with van der Waals surface area (Å²) in [6.45, 7) is 1.72. The summed E-state index contributed by atoms with van der Waals surface area (Å²) in [5.41, 5.74) is 3.13. The van der Waals surface area contributed by atoms with Gasteiger partial charge in [-0.2, -0.15) is 0 Å². The fourth-order valence-electron chi connectivity index (χ4n) is 4.16. The second kappa shape index (κ2) is 9.90. The Balaban J connectivity index is 1.34. The Bertz CT molecular complexity index is 995. The average Bonchev–Trinajstić information content (AvgIpc) is 2.82. The molecule has 2 aromatic rings. The van der Waals surface area contributed by atoms with Gasteiger partial charge >= 0.3 is 0 Å². The molecule has 0 saturated carbocycles. The molecular formula is C24H27ClN2O5. The van der Waals surface area contributed by atoms with Crippen molar-refractivity contribution >= 4 is 23.3 Å². The van der Waals surface area contributed by atoms with Crippen molar-refractivity contribution in [3.05, 3.63) is 58.1 Å². The summed E-state index contributed by atoms with van der Waals surface area (Å²) in [5, 5.41) is 3.86. The number of rotatable bonds is 6. The highest BCUT2D eigenvalue weighted by molar-refractivity contribution is 6.30. The standard InChI is InChI=1S/C24H27ClN2O5/c1-30-21-9-16-7-8-27(13-17(16)10-22(21)31-2)24(29)19-11-20(28)23(12-26-19)32-14-15-3-5-18(25)6-4-15/h3-6,9-10,19,23,26H,7-8,11-14H2,1-2H3. The summed E-state index contributed by atoms with van der Waals surface area (Å²) < 4.78 is 16.6. The summed E-state index contributed by atoms with van der Waals surface area (Å²) in [5.74, 6) is 1.22. The molecule has 2 aliphatic rings. The Kier molecular flexibility index (Phi) is 6.98. The number of piperidine rings is 1. The summed E-state index contributed by atoms with van der Waals surface area (Å²) in [7, 11) is 3.21. The van der Waals surface area contributed by atoms with Crippen LogP contribution in [0.15, 0.2) is 36.4 Å². The van der Waals surface area contributed by atoms with Gasteiger partial charge in [0.25, 0.3) is 0 Å². The highest BCUT2D eigenvalue weighted by Crippen LogP contribution is 2.33. The van der Waals surface area contributed by atoms with Gasteiger partial charge in [0, 0.05) is 31.1 Å². The fourth-order valence-corrected chi connectivity index (χ4v) is 4.29. The van der Waals surface area contributed by atoms with E-state index < -0.39 is 12.1 Å². The molecule has 2 aromatic carbocycles. The molecule has 0 radical (unpaired) electrons. The lowest BCUT2D eigenvalue weighted by molar-refractivity contribution is -0.143. The number of carbonyl (C=O) groups is 2. The van der Waals surface area contributed by atoms with E-state index in [4.69, 9.17) is 25.8 Å². The SMILES string of the molecule is COc1cc2c(cc1OC)CN(C(=O)C1CC(=O)C(OCc3ccc(Cl)cc3)CN1)CC2. The van der Waals surface area contributed by atoms with Crippen LogP contribution in [0, 0.1) is 0 Å². The second-order valence-corrected chi connectivity index (χ2v) is 8.48. The number of methoxy groups -OCH3 is 2. The molecule has 170 valence electrons. The molecule has 1 fully saturated rings. The number of ether oxygens (including phenoxy) is 3. The molecule has 0 aromatic heterocycles. The first-order chi connectivity index (χ1) is 15.5. The first kappa shape index (κ1) is 22.6. The van der Waals surface area contributed by atoms with Gasteiger partial charge in [0.1, 0.15) is 6.10 Å². The normalized spacial score (nSPS) is 20.6. The van der Waals surface area contributed by atoms with Crippen molar-refractivity contribution in [3.8, 4) is 11.5 Å². The molecule has 32 heavy (non-hydrogen) atoms. The van der Waals surface area contributed by atoms with Crippen molar-refractivity contribution in [3.63, 3.8) is 0 Å². The zero-order valence-electron chi connectivity index (χ0n) is 18.2. The van der Waals surface area contributed by atoms with Crippen LogP contribution in [-0.2, 0) is 33.9 Å². The van der Waals surface area contributed by atoms with E-state index in [0.717, 1.165) is 23.1 Å². The zero-order valence-corrected chi connectivity index (χ0v) is 19.0. The maximum atomic E-state index is 13.1. The lowest BCUT2D eigenvalue weighted by atomic mass is 9.96. The van der Waals surface area contributed by atoms with Crippen molar-refractivity contribution in [2.75, 3.05) is 27.3 Å². The highest BCUT2D eigenvalue weighted by atomic mass is 35.5. The molecule has 4 rings (SSSR count). The molecule has 2 aliphatic heterocycles. The van der Waals surface area contributed by atoms with Gasteiger partial charge in [-0.3, -0.25) is 9.59 Å². The van der Waals surface area contributed by atoms with Gasteiger partial charge in [0.2, 0.25) is 5.91 Å². The van der Waals surface area contributed by atoms with Crippen molar-refractivity contribution < 1.29 is 23.8 Å². The predicted molar refractivity (Wildman–Crippen MR) is 120 cm³/mol. The van der Waals surface area contributed by atoms with E-state index in [-0.39, 0.29) is 18.1 Å². The van der Waals surface area contributed by atoms with Crippen molar-refractivity contribution in [1.82, 2.24) is 10.2 Å². The number of fused-ring (bicyclic) bond motifs is 1. The maximum Gasteiger partial charge on any atom is 0.240 e. The molecule has 0 spiro atoms. The molecule has 7 nitrogen and oxygen atoms in total. The second-order valence-electron chi connectivity index (χ2n) is 8.04. The van der Waals surface area contributed by atoms with E-state index >= 15 is 0 Å². The number of carbonyl (C=O) groups excluding carboxylic acids is 2. The Morgan fingerprint density at radius 1 is 1.12 bits per heavy atom. The summed E-state index contributed by atoms with van der Waals surface area (Å²) in [4.78, 5) is 27.5. The van der Waals surface area contributed by atoms with Gasteiger partial charge in [-0.15, -0.1) is 0 Å². The maximum absolute atomic E-state index is 13.1. The summed E-state index contributed by atoms with van der Waals surface area (Å²) in [6.07, 6.45) is 0.294. The van der Waals surface area contributed by atoms with Crippen LogP contribution < -0.4 is 14.8 Å². The van der Waals surface area contributed by atoms with Crippen LogP contribution in [0.3, 0.4) is 0 Å². The van der Waals surface area contributed by atoms with E-state index in [0.29, 0.717) is 42.8 Å². The summed E-state index contributed by atoms with van der Waals surface area (Å²) >= 11 is 5.90. The monoisotopic (exact) mass is 458 g/mol. The third kappa shape index (κ3) is 4.90. The van der Waals surface area contributed by atoms with Crippen LogP contribution in [0.1, 0.15) is 23.1 Å². The van der Waals surface area contributed by atoms with Gasteiger partial charge in [-0.25, -0.2) is 0 Å². The minimum absolute atomic E-state index is 0.0557. The number of nitrogens with zero attached hydrogens (tertiary/aromatic N) is 1. The van der Waals surface area contributed by atoms with Gasteiger partial charge in [-0.05, 0) is 47.4 Å². The quantitative estimate of drug-likeness (QED) is 0.717. The first-order valence-electron chi connectivity index (χ1n) is 10.6. The number of Topliss-reactive ketones (excluding diaryl/α,β-unsaturated/α-hetero) is 1. The number of hydrogen-bond donors (Lipinski definition) is 1. The minimum atomic E-state index is -0.562. The molecular weight excluding hydrogens is 432 g/mol. The van der Waals surface area contributed by atoms with Crippen LogP contribution >= 0.6 is 11.6 Å². The van der Waals surface area contributed by atoms with Gasteiger partial charge in [-0.1, -0.05) is 23.7 Å². The molecule has 2 heterocycles. The van der Waals surface area contributed by atoms with Crippen LogP contribution in [0.2, 0.25) is 5.02 Å². The van der Waals surface area contributed by atoms with Gasteiger partial charge < -0.3 is 24.4 Å². The Labute approximate surface area is 192 Å². The van der Waals surface area contributed by atoms with E-state index in [1.165, 1.54) is 0 Å². The van der Waals surface area contributed by atoms with Crippen molar-refractivity contribution in [2.24, 2.45) is 0 Å². The predicted octanol–water partition coefficient (Wildman–Crippen LogP) is 2.76. The van der Waals surface area contributed by atoms with Gasteiger partial charge in [0.15, 0.2) is 17.3 Å². The first-order valence-corrected chi connectivity index (χ1v) is 11.0. The largest absolute Gasteiger partial charge is 0.493 e. The molecule has 8 heteroatoms. The molecule has 2 atom stereocenters.